The normalized spacial score (nSPS) is 11.8. The summed E-state index contributed by atoms with van der Waals surface area (Å²) in [7, 11) is -4.03. The number of aromatic nitrogens is 2. The first-order chi connectivity index (χ1) is 11.1. The molecule has 0 spiro atoms. The number of hydrogen-bond acceptors (Lipinski definition) is 5. The van der Waals surface area contributed by atoms with Crippen LogP contribution in [-0.2, 0) is 14.8 Å². The summed E-state index contributed by atoms with van der Waals surface area (Å²) in [5, 5.41) is 8.65. The van der Waals surface area contributed by atoms with E-state index in [1.54, 1.807) is 5.32 Å². The second kappa shape index (κ2) is 6.61. The van der Waals surface area contributed by atoms with Gasteiger partial charge in [0.2, 0.25) is 0 Å². The van der Waals surface area contributed by atoms with Crippen molar-refractivity contribution in [1.29, 1.82) is 0 Å². The van der Waals surface area contributed by atoms with Crippen molar-refractivity contribution in [2.45, 2.75) is 11.1 Å². The first-order valence-corrected chi connectivity index (χ1v) is 7.94. The lowest BCUT2D eigenvalue weighted by atomic mass is 10.3. The van der Waals surface area contributed by atoms with Crippen LogP contribution in [0.4, 0.5) is 24.7 Å². The Hall–Kier alpha value is -2.40. The van der Waals surface area contributed by atoms with E-state index in [4.69, 9.17) is 11.6 Å². The van der Waals surface area contributed by atoms with E-state index >= 15 is 0 Å². The fourth-order valence-corrected chi connectivity index (χ4v) is 2.58. The Balaban J connectivity index is 2.14. The first-order valence-electron chi connectivity index (χ1n) is 6.08. The van der Waals surface area contributed by atoms with Crippen molar-refractivity contribution in [2.24, 2.45) is 0 Å². The number of rotatable bonds is 4. The molecule has 0 fully saturated rings. The van der Waals surface area contributed by atoms with E-state index in [-0.39, 0.29) is 21.6 Å². The Morgan fingerprint density at radius 2 is 1.67 bits per heavy atom. The summed E-state index contributed by atoms with van der Waals surface area (Å²) in [6, 6.07) is 6.69. The largest absolute Gasteiger partial charge is 0.471 e. The van der Waals surface area contributed by atoms with Crippen LogP contribution in [0.5, 0.6) is 0 Å². The molecule has 24 heavy (non-hydrogen) atoms. The van der Waals surface area contributed by atoms with E-state index in [9.17, 15) is 26.4 Å². The predicted molar refractivity (Wildman–Crippen MR) is 79.0 cm³/mol. The molecule has 1 heterocycles. The molecular weight excluding hydrogens is 373 g/mol. The molecule has 2 aromatic rings. The number of amides is 1. The Bertz CT molecular complexity index is 839. The number of sulfonamides is 1. The van der Waals surface area contributed by atoms with Gasteiger partial charge in [0.1, 0.15) is 0 Å². The van der Waals surface area contributed by atoms with Crippen molar-refractivity contribution in [2.75, 3.05) is 10.0 Å². The van der Waals surface area contributed by atoms with Crippen LogP contribution in [0, 0.1) is 0 Å². The van der Waals surface area contributed by atoms with Gasteiger partial charge in [0.15, 0.2) is 11.0 Å². The third-order valence-corrected chi connectivity index (χ3v) is 4.12. The van der Waals surface area contributed by atoms with Crippen molar-refractivity contribution in [3.8, 4) is 0 Å². The molecule has 7 nitrogen and oxygen atoms in total. The maximum atomic E-state index is 12.1. The summed E-state index contributed by atoms with van der Waals surface area (Å²) in [5.74, 6) is -2.25. The van der Waals surface area contributed by atoms with Crippen LogP contribution < -0.4 is 10.0 Å². The molecule has 0 saturated heterocycles. The van der Waals surface area contributed by atoms with E-state index in [0.717, 1.165) is 24.3 Å². The van der Waals surface area contributed by atoms with Crippen molar-refractivity contribution in [3.63, 3.8) is 0 Å². The molecule has 2 rings (SSSR count). The molecule has 2 N–H and O–H groups in total. The van der Waals surface area contributed by atoms with E-state index in [0.29, 0.717) is 0 Å². The van der Waals surface area contributed by atoms with Crippen LogP contribution in [0.2, 0.25) is 5.15 Å². The minimum atomic E-state index is -5.04. The maximum absolute atomic E-state index is 12.1. The summed E-state index contributed by atoms with van der Waals surface area (Å²) in [6.45, 7) is 0. The van der Waals surface area contributed by atoms with Crippen LogP contribution in [0.1, 0.15) is 0 Å². The molecule has 128 valence electrons. The fourth-order valence-electron chi connectivity index (χ4n) is 1.49. The number of hydrogen-bond donors (Lipinski definition) is 2. The number of carbonyl (C=O) groups excluding carboxylic acids is 1. The fraction of sp³-hybridized carbons (Fsp3) is 0.0833. The molecule has 0 unspecified atom stereocenters. The molecule has 1 aromatic heterocycles. The minimum absolute atomic E-state index is 0.0720. The average molecular weight is 381 g/mol. The summed E-state index contributed by atoms with van der Waals surface area (Å²) < 4.78 is 62.7. The molecule has 1 aromatic carbocycles. The molecule has 0 atom stereocenters. The highest BCUT2D eigenvalue weighted by molar-refractivity contribution is 7.92. The minimum Gasteiger partial charge on any atom is -0.318 e. The zero-order valence-electron chi connectivity index (χ0n) is 11.5. The second-order valence-corrected chi connectivity index (χ2v) is 6.39. The summed E-state index contributed by atoms with van der Waals surface area (Å²) in [6.07, 6.45) is -5.04. The third kappa shape index (κ3) is 4.55. The molecule has 0 aliphatic carbocycles. The van der Waals surface area contributed by atoms with E-state index in [2.05, 4.69) is 14.9 Å². The topological polar surface area (TPSA) is 101 Å². The zero-order valence-corrected chi connectivity index (χ0v) is 13.1. The van der Waals surface area contributed by atoms with E-state index in [1.807, 2.05) is 0 Å². The van der Waals surface area contributed by atoms with Gasteiger partial charge in [-0.25, -0.2) is 8.42 Å². The average Bonchev–Trinajstić information content (AvgIpc) is 2.49. The molecule has 0 aliphatic rings. The lowest BCUT2D eigenvalue weighted by Gasteiger charge is -2.09. The Morgan fingerprint density at radius 3 is 2.17 bits per heavy atom. The number of carbonyl (C=O) groups is 1. The molecule has 0 radical (unpaired) electrons. The first kappa shape index (κ1) is 17.9. The van der Waals surface area contributed by atoms with Crippen molar-refractivity contribution < 1.29 is 26.4 Å². The Morgan fingerprint density at radius 1 is 1.04 bits per heavy atom. The van der Waals surface area contributed by atoms with Crippen LogP contribution in [-0.4, -0.2) is 30.7 Å². The highest BCUT2D eigenvalue weighted by Gasteiger charge is 2.38. The van der Waals surface area contributed by atoms with Crippen molar-refractivity contribution >= 4 is 39.0 Å². The highest BCUT2D eigenvalue weighted by Crippen LogP contribution is 2.20. The summed E-state index contributed by atoms with van der Waals surface area (Å²) in [5.41, 5.74) is -0.206. The van der Waals surface area contributed by atoms with Crippen LogP contribution in [0.25, 0.3) is 0 Å². The van der Waals surface area contributed by atoms with Crippen LogP contribution in [0.15, 0.2) is 41.3 Å². The monoisotopic (exact) mass is 380 g/mol. The number of anilines is 2. The lowest BCUT2D eigenvalue weighted by molar-refractivity contribution is -0.167. The molecular formula is C12H8ClF3N4O3S. The number of halogens is 4. The van der Waals surface area contributed by atoms with Gasteiger partial charge in [0.05, 0.1) is 4.90 Å². The zero-order chi connectivity index (χ0) is 18.0. The highest BCUT2D eigenvalue weighted by atomic mass is 35.5. The molecule has 1 amide bonds. The van der Waals surface area contributed by atoms with Gasteiger partial charge in [-0.15, -0.1) is 10.2 Å². The van der Waals surface area contributed by atoms with Crippen molar-refractivity contribution in [3.05, 3.63) is 41.6 Å². The Kier molecular flexibility index (Phi) is 4.94. The number of benzene rings is 1. The number of nitrogens with zero attached hydrogens (tertiary/aromatic N) is 2. The Labute approximate surface area is 138 Å². The van der Waals surface area contributed by atoms with Gasteiger partial charge < -0.3 is 5.32 Å². The quantitative estimate of drug-likeness (QED) is 0.848. The molecule has 0 bridgehead atoms. The van der Waals surface area contributed by atoms with Gasteiger partial charge in [-0.2, -0.15) is 13.2 Å². The smallest absolute Gasteiger partial charge is 0.318 e. The van der Waals surface area contributed by atoms with Gasteiger partial charge in [-0.3, -0.25) is 9.52 Å². The van der Waals surface area contributed by atoms with E-state index in [1.165, 1.54) is 12.1 Å². The summed E-state index contributed by atoms with van der Waals surface area (Å²) >= 11 is 5.53. The van der Waals surface area contributed by atoms with Crippen molar-refractivity contribution in [1.82, 2.24) is 10.2 Å². The lowest BCUT2D eigenvalue weighted by Crippen LogP contribution is -2.29. The molecule has 0 aliphatic heterocycles. The number of alkyl halides is 3. The van der Waals surface area contributed by atoms with Crippen LogP contribution >= 0.6 is 11.6 Å². The SMILES string of the molecule is O=C(Nc1ccc(S(=O)(=O)Nc2ccc(Cl)nn2)cc1)C(F)(F)F. The van der Waals surface area contributed by atoms with Gasteiger partial charge >= 0.3 is 12.1 Å². The number of nitrogens with one attached hydrogen (secondary N) is 2. The van der Waals surface area contributed by atoms with Gasteiger partial charge in [-0.05, 0) is 36.4 Å². The van der Waals surface area contributed by atoms with E-state index < -0.39 is 22.1 Å². The van der Waals surface area contributed by atoms with Gasteiger partial charge in [0.25, 0.3) is 10.0 Å². The second-order valence-electron chi connectivity index (χ2n) is 4.32. The standard InChI is InChI=1S/C12H8ClF3N4O3S/c13-9-5-6-10(19-18-9)20-24(22,23)8-3-1-7(2-4-8)17-11(21)12(14,15)16/h1-6H,(H,17,21)(H,19,20). The van der Waals surface area contributed by atoms with Gasteiger partial charge in [0, 0.05) is 5.69 Å². The van der Waals surface area contributed by atoms with Crippen LogP contribution in [0.3, 0.4) is 0 Å². The maximum Gasteiger partial charge on any atom is 0.471 e. The molecule has 12 heteroatoms. The predicted octanol–water partition coefficient (Wildman–Crippen LogP) is 2.43. The third-order valence-electron chi connectivity index (χ3n) is 2.55. The van der Waals surface area contributed by atoms with Gasteiger partial charge in [-0.1, -0.05) is 11.6 Å². The molecule has 0 saturated carbocycles. The summed E-state index contributed by atoms with van der Waals surface area (Å²) in [4.78, 5) is 10.5.